The first kappa shape index (κ1) is 14.1. The third-order valence-electron chi connectivity index (χ3n) is 4.05. The maximum absolute atomic E-state index is 12.2. The largest absolute Gasteiger partial charge is 0.384 e. The fourth-order valence-corrected chi connectivity index (χ4v) is 2.76. The first-order valence-electron chi connectivity index (χ1n) is 6.69. The smallest absolute Gasteiger partial charge is 0.253 e. The third kappa shape index (κ3) is 3.38. The molecule has 0 bridgehead atoms. The first-order chi connectivity index (χ1) is 8.97. The number of hydrogen-bond donors (Lipinski definition) is 2. The third-order valence-corrected chi connectivity index (χ3v) is 4.36. The van der Waals surface area contributed by atoms with Crippen molar-refractivity contribution < 1.29 is 4.79 Å². The molecule has 4 nitrogen and oxygen atoms in total. The number of aromatic nitrogens is 1. The lowest BCUT2D eigenvalue weighted by Crippen LogP contribution is -2.40. The van der Waals surface area contributed by atoms with Gasteiger partial charge in [-0.2, -0.15) is 0 Å². The number of nitrogens with two attached hydrogens (primary N) is 1. The van der Waals surface area contributed by atoms with Crippen molar-refractivity contribution in [3.63, 3.8) is 0 Å². The van der Waals surface area contributed by atoms with E-state index in [0.717, 1.165) is 25.2 Å². The van der Waals surface area contributed by atoms with Crippen LogP contribution in [0.5, 0.6) is 0 Å². The molecule has 3 atom stereocenters. The molecule has 1 aromatic heterocycles. The molecular weight excluding hydrogens is 262 g/mol. The molecular formula is C14H20ClN3O. The van der Waals surface area contributed by atoms with E-state index in [-0.39, 0.29) is 11.9 Å². The molecule has 19 heavy (non-hydrogen) atoms. The van der Waals surface area contributed by atoms with Crippen LogP contribution in [-0.4, -0.2) is 16.9 Å². The standard InChI is InChI=1S/C14H20ClN3O/c1-8-3-4-10(5-9(8)2)18-14(19)11-6-13(16)17-7-12(11)15/h6-10H,3-5H2,1-2H3,(H2,16,17)(H,18,19). The van der Waals surface area contributed by atoms with Crippen molar-refractivity contribution in [2.75, 3.05) is 5.73 Å². The lowest BCUT2D eigenvalue weighted by atomic mass is 9.79. The number of nitrogen functional groups attached to an aromatic ring is 1. The molecule has 0 saturated heterocycles. The monoisotopic (exact) mass is 281 g/mol. The minimum atomic E-state index is -0.161. The molecule has 1 aliphatic carbocycles. The fraction of sp³-hybridized carbons (Fsp3) is 0.571. The number of anilines is 1. The van der Waals surface area contributed by atoms with Crippen molar-refractivity contribution >= 4 is 23.3 Å². The van der Waals surface area contributed by atoms with Crippen molar-refractivity contribution in [2.45, 2.75) is 39.2 Å². The summed E-state index contributed by atoms with van der Waals surface area (Å²) in [6.45, 7) is 4.50. The van der Waals surface area contributed by atoms with Crippen LogP contribution in [0.15, 0.2) is 12.3 Å². The summed E-state index contributed by atoms with van der Waals surface area (Å²) in [6, 6.07) is 1.75. The Morgan fingerprint density at radius 1 is 1.42 bits per heavy atom. The predicted molar refractivity (Wildman–Crippen MR) is 77.1 cm³/mol. The van der Waals surface area contributed by atoms with E-state index in [4.69, 9.17) is 17.3 Å². The van der Waals surface area contributed by atoms with Crippen LogP contribution in [0.1, 0.15) is 43.5 Å². The molecule has 0 spiro atoms. The summed E-state index contributed by atoms with van der Waals surface area (Å²) in [4.78, 5) is 16.1. The molecule has 1 aliphatic rings. The van der Waals surface area contributed by atoms with E-state index < -0.39 is 0 Å². The van der Waals surface area contributed by atoms with Crippen LogP contribution < -0.4 is 11.1 Å². The summed E-state index contributed by atoms with van der Waals surface area (Å²) in [7, 11) is 0. The highest BCUT2D eigenvalue weighted by atomic mass is 35.5. The fourth-order valence-electron chi connectivity index (χ4n) is 2.57. The molecule has 1 aromatic rings. The molecule has 0 aliphatic heterocycles. The minimum absolute atomic E-state index is 0.161. The minimum Gasteiger partial charge on any atom is -0.384 e. The number of amides is 1. The van der Waals surface area contributed by atoms with E-state index >= 15 is 0 Å². The van der Waals surface area contributed by atoms with Gasteiger partial charge in [-0.15, -0.1) is 0 Å². The number of halogens is 1. The predicted octanol–water partition coefficient (Wildman–Crippen LogP) is 2.87. The molecule has 0 radical (unpaired) electrons. The second-order valence-corrected chi connectivity index (χ2v) is 5.93. The molecule has 5 heteroatoms. The Balaban J connectivity index is 2.03. The summed E-state index contributed by atoms with van der Waals surface area (Å²) in [5, 5.41) is 3.38. The molecule has 1 fully saturated rings. The number of rotatable bonds is 2. The Hall–Kier alpha value is -1.29. The SMILES string of the molecule is CC1CCC(NC(=O)c2cc(N)ncc2Cl)CC1C. The summed E-state index contributed by atoms with van der Waals surface area (Å²) in [5.74, 6) is 1.51. The Bertz CT molecular complexity index is 478. The molecule has 0 aromatic carbocycles. The summed E-state index contributed by atoms with van der Waals surface area (Å²) in [6.07, 6.45) is 4.61. The lowest BCUT2D eigenvalue weighted by Gasteiger charge is -2.32. The van der Waals surface area contributed by atoms with Gasteiger partial charge < -0.3 is 11.1 Å². The highest BCUT2D eigenvalue weighted by Crippen LogP contribution is 2.29. The maximum atomic E-state index is 12.2. The van der Waals surface area contributed by atoms with Gasteiger partial charge in [0.2, 0.25) is 0 Å². The summed E-state index contributed by atoms with van der Waals surface area (Å²) < 4.78 is 0. The highest BCUT2D eigenvalue weighted by Gasteiger charge is 2.26. The van der Waals surface area contributed by atoms with Gasteiger partial charge in [0.05, 0.1) is 10.6 Å². The van der Waals surface area contributed by atoms with Gasteiger partial charge in [-0.3, -0.25) is 4.79 Å². The van der Waals surface area contributed by atoms with Gasteiger partial charge in [-0.05, 0) is 37.2 Å². The van der Waals surface area contributed by atoms with Crippen LogP contribution in [0.3, 0.4) is 0 Å². The number of carbonyl (C=O) groups is 1. The van der Waals surface area contributed by atoms with Gasteiger partial charge in [0, 0.05) is 12.2 Å². The van der Waals surface area contributed by atoms with Gasteiger partial charge in [0.15, 0.2) is 0 Å². The lowest BCUT2D eigenvalue weighted by molar-refractivity contribution is 0.0910. The van der Waals surface area contributed by atoms with Crippen molar-refractivity contribution in [1.82, 2.24) is 10.3 Å². The van der Waals surface area contributed by atoms with E-state index in [2.05, 4.69) is 24.1 Å². The summed E-state index contributed by atoms with van der Waals surface area (Å²) in [5.41, 5.74) is 5.99. The Morgan fingerprint density at radius 3 is 2.84 bits per heavy atom. The molecule has 3 unspecified atom stereocenters. The van der Waals surface area contributed by atoms with Gasteiger partial charge in [-0.1, -0.05) is 25.4 Å². The van der Waals surface area contributed by atoms with E-state index in [1.807, 2.05) is 0 Å². The number of hydrogen-bond acceptors (Lipinski definition) is 3. The van der Waals surface area contributed by atoms with E-state index in [0.29, 0.717) is 22.3 Å². The normalized spacial score (nSPS) is 27.0. The quantitative estimate of drug-likeness (QED) is 0.876. The van der Waals surface area contributed by atoms with Crippen LogP contribution >= 0.6 is 11.6 Å². The number of nitrogens with one attached hydrogen (secondary N) is 1. The maximum Gasteiger partial charge on any atom is 0.253 e. The van der Waals surface area contributed by atoms with Gasteiger partial charge >= 0.3 is 0 Å². The van der Waals surface area contributed by atoms with Crippen molar-refractivity contribution in [3.8, 4) is 0 Å². The Kier molecular flexibility index (Phi) is 4.30. The molecule has 3 N–H and O–H groups in total. The number of carbonyl (C=O) groups excluding carboxylic acids is 1. The molecule has 1 amide bonds. The Labute approximate surface area is 118 Å². The average molecular weight is 282 g/mol. The van der Waals surface area contributed by atoms with Crippen LogP contribution in [-0.2, 0) is 0 Å². The second kappa shape index (κ2) is 5.78. The van der Waals surface area contributed by atoms with Crippen molar-refractivity contribution in [2.24, 2.45) is 11.8 Å². The Morgan fingerprint density at radius 2 is 2.16 bits per heavy atom. The molecule has 2 rings (SSSR count). The van der Waals surface area contributed by atoms with Gasteiger partial charge in [0.1, 0.15) is 5.82 Å². The van der Waals surface area contributed by atoms with Crippen molar-refractivity contribution in [1.29, 1.82) is 0 Å². The zero-order valence-corrected chi connectivity index (χ0v) is 12.1. The number of nitrogens with zero attached hydrogens (tertiary/aromatic N) is 1. The van der Waals surface area contributed by atoms with E-state index in [9.17, 15) is 4.79 Å². The van der Waals surface area contributed by atoms with Crippen LogP contribution in [0.4, 0.5) is 5.82 Å². The van der Waals surface area contributed by atoms with Crippen LogP contribution in [0.2, 0.25) is 5.02 Å². The van der Waals surface area contributed by atoms with Crippen molar-refractivity contribution in [3.05, 3.63) is 22.8 Å². The zero-order valence-electron chi connectivity index (χ0n) is 11.3. The molecule has 1 saturated carbocycles. The van der Waals surface area contributed by atoms with Crippen LogP contribution in [0, 0.1) is 11.8 Å². The van der Waals surface area contributed by atoms with E-state index in [1.54, 1.807) is 0 Å². The van der Waals surface area contributed by atoms with E-state index in [1.165, 1.54) is 12.3 Å². The molecule has 1 heterocycles. The molecule has 104 valence electrons. The van der Waals surface area contributed by atoms with Gasteiger partial charge in [0.25, 0.3) is 5.91 Å². The zero-order chi connectivity index (χ0) is 14.0. The first-order valence-corrected chi connectivity index (χ1v) is 7.07. The summed E-state index contributed by atoms with van der Waals surface area (Å²) >= 11 is 5.98. The topological polar surface area (TPSA) is 68.0 Å². The number of pyridine rings is 1. The second-order valence-electron chi connectivity index (χ2n) is 5.53. The average Bonchev–Trinajstić information content (AvgIpc) is 2.36. The highest BCUT2D eigenvalue weighted by molar-refractivity contribution is 6.33. The van der Waals surface area contributed by atoms with Crippen LogP contribution in [0.25, 0.3) is 0 Å². The van der Waals surface area contributed by atoms with Gasteiger partial charge in [-0.25, -0.2) is 4.98 Å².